The maximum atomic E-state index is 11.7. The Morgan fingerprint density at radius 1 is 1.14 bits per heavy atom. The van der Waals surface area contributed by atoms with Gasteiger partial charge < -0.3 is 10.1 Å². The van der Waals surface area contributed by atoms with Gasteiger partial charge in [0.25, 0.3) is 0 Å². The van der Waals surface area contributed by atoms with Crippen LogP contribution in [-0.2, 0) is 14.3 Å². The van der Waals surface area contributed by atoms with Crippen molar-refractivity contribution in [3.63, 3.8) is 0 Å². The predicted octanol–water partition coefficient (Wildman–Crippen LogP) is 2.94. The fourth-order valence-electron chi connectivity index (χ4n) is 1.74. The van der Waals surface area contributed by atoms with Crippen molar-refractivity contribution in [1.29, 1.82) is 0 Å². The number of nitrogens with one attached hydrogen (secondary N) is 1. The normalized spacial score (nSPS) is 10.2. The number of ether oxygens (including phenoxy) is 1. The standard InChI is InChI=1S/C16H23NO3S/c1-13-7-9-14(10-8-13)21-12-15(18)17-11-5-3-4-6-16(19)20-2/h7-10H,3-6,11-12H2,1-2H3,(H,17,18). The molecule has 4 nitrogen and oxygen atoms in total. The zero-order valence-corrected chi connectivity index (χ0v) is 13.5. The predicted molar refractivity (Wildman–Crippen MR) is 85.4 cm³/mol. The summed E-state index contributed by atoms with van der Waals surface area (Å²) < 4.78 is 4.56. The van der Waals surface area contributed by atoms with Crippen molar-refractivity contribution in [3.05, 3.63) is 29.8 Å². The van der Waals surface area contributed by atoms with Gasteiger partial charge in [0.2, 0.25) is 5.91 Å². The fourth-order valence-corrected chi connectivity index (χ4v) is 2.46. The van der Waals surface area contributed by atoms with Crippen LogP contribution in [0.2, 0.25) is 0 Å². The number of amides is 1. The lowest BCUT2D eigenvalue weighted by atomic mass is 10.2. The van der Waals surface area contributed by atoms with Crippen molar-refractivity contribution in [1.82, 2.24) is 5.32 Å². The first kappa shape index (κ1) is 17.6. The van der Waals surface area contributed by atoms with Gasteiger partial charge in [-0.15, -0.1) is 11.8 Å². The number of unbranched alkanes of at least 4 members (excludes halogenated alkanes) is 2. The molecular weight excluding hydrogens is 286 g/mol. The number of methoxy groups -OCH3 is 1. The van der Waals surface area contributed by atoms with Crippen LogP contribution >= 0.6 is 11.8 Å². The van der Waals surface area contributed by atoms with Crippen molar-refractivity contribution in [2.75, 3.05) is 19.4 Å². The van der Waals surface area contributed by atoms with Crippen molar-refractivity contribution < 1.29 is 14.3 Å². The molecule has 1 rings (SSSR count). The molecule has 116 valence electrons. The van der Waals surface area contributed by atoms with E-state index in [1.165, 1.54) is 24.4 Å². The Morgan fingerprint density at radius 2 is 1.86 bits per heavy atom. The van der Waals surface area contributed by atoms with Gasteiger partial charge in [0.15, 0.2) is 0 Å². The van der Waals surface area contributed by atoms with E-state index in [1.807, 2.05) is 31.2 Å². The molecule has 1 amide bonds. The number of carbonyl (C=O) groups excluding carboxylic acids is 2. The van der Waals surface area contributed by atoms with Crippen molar-refractivity contribution in [3.8, 4) is 0 Å². The number of benzene rings is 1. The Kier molecular flexibility index (Phi) is 8.59. The highest BCUT2D eigenvalue weighted by molar-refractivity contribution is 8.00. The highest BCUT2D eigenvalue weighted by atomic mass is 32.2. The minimum atomic E-state index is -0.173. The molecule has 0 saturated heterocycles. The van der Waals surface area contributed by atoms with E-state index in [0.29, 0.717) is 18.7 Å². The molecule has 1 N–H and O–H groups in total. The zero-order chi connectivity index (χ0) is 15.5. The largest absolute Gasteiger partial charge is 0.469 e. The molecule has 1 aromatic carbocycles. The first-order valence-electron chi connectivity index (χ1n) is 7.15. The Labute approximate surface area is 130 Å². The zero-order valence-electron chi connectivity index (χ0n) is 12.7. The smallest absolute Gasteiger partial charge is 0.305 e. The highest BCUT2D eigenvalue weighted by Gasteiger charge is 2.03. The summed E-state index contributed by atoms with van der Waals surface area (Å²) in [5.74, 6) is 0.313. The van der Waals surface area contributed by atoms with Crippen LogP contribution in [0.25, 0.3) is 0 Å². The quantitative estimate of drug-likeness (QED) is 0.433. The van der Waals surface area contributed by atoms with Gasteiger partial charge in [-0.1, -0.05) is 24.1 Å². The molecule has 5 heteroatoms. The van der Waals surface area contributed by atoms with Crippen molar-refractivity contribution in [2.24, 2.45) is 0 Å². The van der Waals surface area contributed by atoms with Gasteiger partial charge >= 0.3 is 5.97 Å². The molecule has 0 unspecified atom stereocenters. The molecular formula is C16H23NO3S. The third-order valence-corrected chi connectivity index (χ3v) is 4.01. The molecule has 0 aliphatic heterocycles. The van der Waals surface area contributed by atoms with Gasteiger partial charge in [0, 0.05) is 17.9 Å². The Balaban J connectivity index is 2.04. The van der Waals surface area contributed by atoms with E-state index in [2.05, 4.69) is 10.1 Å². The van der Waals surface area contributed by atoms with Crippen LogP contribution in [0.5, 0.6) is 0 Å². The minimum absolute atomic E-state index is 0.0496. The molecule has 21 heavy (non-hydrogen) atoms. The summed E-state index contributed by atoms with van der Waals surface area (Å²) in [5, 5.41) is 2.89. The molecule has 0 aliphatic carbocycles. The molecule has 0 aliphatic rings. The third-order valence-electron chi connectivity index (χ3n) is 3.00. The van der Waals surface area contributed by atoms with Crippen molar-refractivity contribution in [2.45, 2.75) is 37.5 Å². The van der Waals surface area contributed by atoms with Gasteiger partial charge in [-0.3, -0.25) is 9.59 Å². The molecule has 0 spiro atoms. The summed E-state index contributed by atoms with van der Waals surface area (Å²) in [6.45, 7) is 2.70. The van der Waals surface area contributed by atoms with Gasteiger partial charge in [-0.25, -0.2) is 0 Å². The number of hydrogen-bond acceptors (Lipinski definition) is 4. The van der Waals surface area contributed by atoms with Crippen LogP contribution in [0.3, 0.4) is 0 Å². The summed E-state index contributed by atoms with van der Waals surface area (Å²) in [6.07, 6.45) is 3.06. The summed E-state index contributed by atoms with van der Waals surface area (Å²) in [7, 11) is 1.40. The van der Waals surface area contributed by atoms with E-state index in [-0.39, 0.29) is 11.9 Å². The topological polar surface area (TPSA) is 55.4 Å². The van der Waals surface area contributed by atoms with Crippen LogP contribution in [0.1, 0.15) is 31.2 Å². The summed E-state index contributed by atoms with van der Waals surface area (Å²) in [5.41, 5.74) is 1.22. The van der Waals surface area contributed by atoms with Crippen LogP contribution in [-0.4, -0.2) is 31.3 Å². The summed E-state index contributed by atoms with van der Waals surface area (Å²) in [4.78, 5) is 23.7. The van der Waals surface area contributed by atoms with Gasteiger partial charge in [0.1, 0.15) is 0 Å². The lowest BCUT2D eigenvalue weighted by Gasteiger charge is -2.05. The number of hydrogen-bond donors (Lipinski definition) is 1. The summed E-state index contributed by atoms with van der Waals surface area (Å²) in [6, 6.07) is 8.14. The van der Waals surface area contributed by atoms with Crippen LogP contribution in [0.15, 0.2) is 29.2 Å². The fraction of sp³-hybridized carbons (Fsp3) is 0.500. The van der Waals surface area contributed by atoms with E-state index in [0.717, 1.165) is 24.2 Å². The van der Waals surface area contributed by atoms with E-state index in [4.69, 9.17) is 0 Å². The SMILES string of the molecule is COC(=O)CCCCCNC(=O)CSc1ccc(C)cc1. The molecule has 0 bridgehead atoms. The Bertz CT molecular complexity index is 445. The van der Waals surface area contributed by atoms with Gasteiger partial charge in [0.05, 0.1) is 12.9 Å². The molecule has 1 aromatic rings. The number of carbonyl (C=O) groups is 2. The molecule has 0 fully saturated rings. The average Bonchev–Trinajstić information content (AvgIpc) is 2.49. The molecule has 0 saturated carbocycles. The van der Waals surface area contributed by atoms with Crippen LogP contribution in [0, 0.1) is 6.92 Å². The van der Waals surface area contributed by atoms with Crippen LogP contribution in [0.4, 0.5) is 0 Å². The first-order chi connectivity index (χ1) is 10.1. The molecule has 0 heterocycles. The highest BCUT2D eigenvalue weighted by Crippen LogP contribution is 2.17. The van der Waals surface area contributed by atoms with Crippen LogP contribution < -0.4 is 5.32 Å². The van der Waals surface area contributed by atoms with Gasteiger partial charge in [-0.05, 0) is 31.9 Å². The number of rotatable bonds is 9. The second-order valence-electron chi connectivity index (χ2n) is 4.84. The number of aryl methyl sites for hydroxylation is 1. The molecule has 0 radical (unpaired) electrons. The second kappa shape index (κ2) is 10.3. The number of esters is 1. The Morgan fingerprint density at radius 3 is 2.52 bits per heavy atom. The van der Waals surface area contributed by atoms with Crippen molar-refractivity contribution >= 4 is 23.6 Å². The Hall–Kier alpha value is -1.49. The molecule has 0 aromatic heterocycles. The maximum absolute atomic E-state index is 11.7. The minimum Gasteiger partial charge on any atom is -0.469 e. The first-order valence-corrected chi connectivity index (χ1v) is 8.13. The average molecular weight is 309 g/mol. The monoisotopic (exact) mass is 309 g/mol. The number of thioether (sulfide) groups is 1. The lowest BCUT2D eigenvalue weighted by molar-refractivity contribution is -0.140. The second-order valence-corrected chi connectivity index (χ2v) is 5.89. The lowest BCUT2D eigenvalue weighted by Crippen LogP contribution is -2.26. The summed E-state index contributed by atoms with van der Waals surface area (Å²) >= 11 is 1.54. The van der Waals surface area contributed by atoms with E-state index >= 15 is 0 Å². The van der Waals surface area contributed by atoms with Gasteiger partial charge in [-0.2, -0.15) is 0 Å². The van der Waals surface area contributed by atoms with E-state index < -0.39 is 0 Å². The third kappa shape index (κ3) is 8.40. The van der Waals surface area contributed by atoms with E-state index in [1.54, 1.807) is 0 Å². The molecule has 0 atom stereocenters. The maximum Gasteiger partial charge on any atom is 0.305 e. The van der Waals surface area contributed by atoms with E-state index in [9.17, 15) is 9.59 Å².